The molecular weight excluding hydrogens is 335 g/mol. The number of sulfonamides is 1. The standard InChI is InChI=1S/C15H15FN4O3S/c1-9-6-14-17-13(8-15(21)20(14)18-9)10(2)19-24(22,23)12-5-3-4-11(16)7-12/h3-8,10,18-19H,1-2H3. The molecule has 0 bridgehead atoms. The summed E-state index contributed by atoms with van der Waals surface area (Å²) in [5.74, 6) is -0.647. The van der Waals surface area contributed by atoms with Gasteiger partial charge in [-0.25, -0.2) is 27.0 Å². The topological polar surface area (TPSA) is 96.3 Å². The number of aryl methyl sites for hydroxylation is 1. The lowest BCUT2D eigenvalue weighted by Crippen LogP contribution is -2.29. The maximum Gasteiger partial charge on any atom is 0.272 e. The minimum absolute atomic E-state index is 0.190. The van der Waals surface area contributed by atoms with Crippen molar-refractivity contribution in [2.45, 2.75) is 24.8 Å². The van der Waals surface area contributed by atoms with Crippen LogP contribution < -0.4 is 10.3 Å². The van der Waals surface area contributed by atoms with Crippen molar-refractivity contribution >= 4 is 15.7 Å². The lowest BCUT2D eigenvalue weighted by molar-refractivity contribution is 0.561. The third-order valence-electron chi connectivity index (χ3n) is 3.48. The van der Waals surface area contributed by atoms with E-state index in [2.05, 4.69) is 14.8 Å². The molecule has 0 amide bonds. The summed E-state index contributed by atoms with van der Waals surface area (Å²) in [5, 5.41) is 2.83. The smallest absolute Gasteiger partial charge is 0.272 e. The summed E-state index contributed by atoms with van der Waals surface area (Å²) in [6.07, 6.45) is 0. The van der Waals surface area contributed by atoms with Gasteiger partial charge in [0.2, 0.25) is 10.0 Å². The molecule has 2 aromatic heterocycles. The molecule has 0 spiro atoms. The third kappa shape index (κ3) is 3.08. The first-order valence-electron chi connectivity index (χ1n) is 7.13. The molecule has 1 aromatic carbocycles. The largest absolute Gasteiger partial charge is 0.294 e. The van der Waals surface area contributed by atoms with E-state index in [9.17, 15) is 17.6 Å². The molecule has 0 aliphatic heterocycles. The molecule has 0 radical (unpaired) electrons. The summed E-state index contributed by atoms with van der Waals surface area (Å²) in [4.78, 5) is 16.2. The number of nitrogens with zero attached hydrogens (tertiary/aromatic N) is 2. The zero-order valence-corrected chi connectivity index (χ0v) is 13.8. The van der Waals surface area contributed by atoms with Crippen molar-refractivity contribution in [1.29, 1.82) is 0 Å². The van der Waals surface area contributed by atoms with Gasteiger partial charge in [-0.1, -0.05) is 6.07 Å². The molecule has 0 saturated heterocycles. The Kier molecular flexibility index (Phi) is 3.98. The van der Waals surface area contributed by atoms with E-state index in [-0.39, 0.29) is 16.1 Å². The van der Waals surface area contributed by atoms with Gasteiger partial charge in [-0.3, -0.25) is 9.89 Å². The van der Waals surface area contributed by atoms with Crippen LogP contribution in [0.4, 0.5) is 4.39 Å². The highest BCUT2D eigenvalue weighted by Crippen LogP contribution is 2.16. The van der Waals surface area contributed by atoms with E-state index in [1.54, 1.807) is 19.9 Å². The fraction of sp³-hybridized carbons (Fsp3) is 0.200. The summed E-state index contributed by atoms with van der Waals surface area (Å²) >= 11 is 0. The van der Waals surface area contributed by atoms with Crippen molar-refractivity contribution in [3.8, 4) is 0 Å². The maximum absolute atomic E-state index is 13.2. The molecule has 1 atom stereocenters. The van der Waals surface area contributed by atoms with Crippen molar-refractivity contribution in [2.24, 2.45) is 0 Å². The summed E-state index contributed by atoms with van der Waals surface area (Å²) in [7, 11) is -3.94. The van der Waals surface area contributed by atoms with Crippen molar-refractivity contribution in [2.75, 3.05) is 0 Å². The normalized spacial score (nSPS) is 13.3. The molecule has 0 aliphatic rings. The monoisotopic (exact) mass is 350 g/mol. The molecular formula is C15H15FN4O3S. The van der Waals surface area contributed by atoms with Crippen LogP contribution in [0.3, 0.4) is 0 Å². The van der Waals surface area contributed by atoms with Gasteiger partial charge in [0.25, 0.3) is 5.56 Å². The van der Waals surface area contributed by atoms with Crippen LogP contribution in [0.2, 0.25) is 0 Å². The van der Waals surface area contributed by atoms with E-state index in [4.69, 9.17) is 0 Å². The molecule has 24 heavy (non-hydrogen) atoms. The molecule has 0 fully saturated rings. The van der Waals surface area contributed by atoms with Crippen molar-refractivity contribution in [1.82, 2.24) is 19.3 Å². The third-order valence-corrected chi connectivity index (χ3v) is 5.02. The molecule has 7 nitrogen and oxygen atoms in total. The first-order valence-corrected chi connectivity index (χ1v) is 8.62. The number of aromatic amines is 1. The van der Waals surface area contributed by atoms with Crippen LogP contribution in [0.5, 0.6) is 0 Å². The fourth-order valence-electron chi connectivity index (χ4n) is 2.35. The second kappa shape index (κ2) is 5.84. The summed E-state index contributed by atoms with van der Waals surface area (Å²) < 4.78 is 41.6. The number of rotatable bonds is 4. The van der Waals surface area contributed by atoms with Crippen LogP contribution >= 0.6 is 0 Å². The fourth-order valence-corrected chi connectivity index (χ4v) is 3.59. The van der Waals surface area contributed by atoms with Gasteiger partial charge < -0.3 is 0 Å². The number of halogens is 1. The summed E-state index contributed by atoms with van der Waals surface area (Å²) in [6, 6.07) is 6.86. The van der Waals surface area contributed by atoms with Gasteiger partial charge >= 0.3 is 0 Å². The van der Waals surface area contributed by atoms with Crippen LogP contribution in [0.15, 0.2) is 46.1 Å². The van der Waals surface area contributed by atoms with E-state index in [0.717, 1.165) is 17.8 Å². The van der Waals surface area contributed by atoms with Gasteiger partial charge in [-0.05, 0) is 32.0 Å². The SMILES string of the molecule is Cc1cc2nc(C(C)NS(=O)(=O)c3cccc(F)c3)cc(=O)n2[nH]1. The van der Waals surface area contributed by atoms with E-state index in [0.29, 0.717) is 5.65 Å². The molecule has 3 rings (SSSR count). The van der Waals surface area contributed by atoms with Gasteiger partial charge in [-0.2, -0.15) is 0 Å². The highest BCUT2D eigenvalue weighted by atomic mass is 32.2. The van der Waals surface area contributed by atoms with Crippen LogP contribution in [-0.2, 0) is 10.0 Å². The molecule has 0 saturated carbocycles. The first-order chi connectivity index (χ1) is 11.3. The van der Waals surface area contributed by atoms with Crippen LogP contribution in [0.1, 0.15) is 24.4 Å². The minimum Gasteiger partial charge on any atom is -0.294 e. The Labute approximate surface area is 137 Å². The minimum atomic E-state index is -3.94. The van der Waals surface area contributed by atoms with E-state index < -0.39 is 21.9 Å². The van der Waals surface area contributed by atoms with E-state index in [1.165, 1.54) is 22.7 Å². The Balaban J connectivity index is 1.94. The molecule has 2 N–H and O–H groups in total. The molecule has 0 aliphatic carbocycles. The van der Waals surface area contributed by atoms with Crippen LogP contribution in [0, 0.1) is 12.7 Å². The number of hydrogen-bond acceptors (Lipinski definition) is 4. The number of fused-ring (bicyclic) bond motifs is 1. The highest BCUT2D eigenvalue weighted by molar-refractivity contribution is 7.89. The quantitative estimate of drug-likeness (QED) is 0.745. The Morgan fingerprint density at radius 2 is 2.04 bits per heavy atom. The van der Waals surface area contributed by atoms with Gasteiger partial charge in [-0.15, -0.1) is 0 Å². The molecule has 1 unspecified atom stereocenters. The average molecular weight is 350 g/mol. The zero-order chi connectivity index (χ0) is 17.5. The lowest BCUT2D eigenvalue weighted by Gasteiger charge is -2.14. The second-order valence-corrected chi connectivity index (χ2v) is 7.17. The second-order valence-electron chi connectivity index (χ2n) is 5.45. The van der Waals surface area contributed by atoms with E-state index >= 15 is 0 Å². The van der Waals surface area contributed by atoms with Crippen LogP contribution in [0.25, 0.3) is 5.65 Å². The number of nitrogens with one attached hydrogen (secondary N) is 2. The molecule has 3 aromatic rings. The Bertz CT molecular complexity index is 1070. The number of H-pyrrole nitrogens is 1. The van der Waals surface area contributed by atoms with Crippen LogP contribution in [-0.4, -0.2) is 23.0 Å². The van der Waals surface area contributed by atoms with Gasteiger partial charge in [0.1, 0.15) is 5.82 Å². The predicted octanol–water partition coefficient (Wildman–Crippen LogP) is 1.51. The summed E-state index contributed by atoms with van der Waals surface area (Å²) in [5.41, 5.74) is 1.08. The zero-order valence-electron chi connectivity index (χ0n) is 12.9. The molecule has 126 valence electrons. The van der Waals surface area contributed by atoms with Gasteiger partial charge in [0, 0.05) is 17.8 Å². The number of hydrogen-bond donors (Lipinski definition) is 2. The lowest BCUT2D eigenvalue weighted by atomic mass is 10.2. The Morgan fingerprint density at radius 3 is 2.75 bits per heavy atom. The molecule has 9 heteroatoms. The first kappa shape index (κ1) is 16.3. The predicted molar refractivity (Wildman–Crippen MR) is 85.7 cm³/mol. The average Bonchev–Trinajstić information content (AvgIpc) is 2.88. The summed E-state index contributed by atoms with van der Waals surface area (Å²) in [6.45, 7) is 3.35. The van der Waals surface area contributed by atoms with E-state index in [1.807, 2.05) is 0 Å². The number of benzene rings is 1. The van der Waals surface area contributed by atoms with Crippen molar-refractivity contribution in [3.63, 3.8) is 0 Å². The Hall–Kier alpha value is -2.52. The molecule has 2 heterocycles. The highest BCUT2D eigenvalue weighted by Gasteiger charge is 2.20. The van der Waals surface area contributed by atoms with Gasteiger partial charge in [0.05, 0.1) is 16.6 Å². The number of aromatic nitrogens is 3. The maximum atomic E-state index is 13.2. The van der Waals surface area contributed by atoms with Gasteiger partial charge in [0.15, 0.2) is 5.65 Å². The van der Waals surface area contributed by atoms with Crippen molar-refractivity contribution < 1.29 is 12.8 Å². The van der Waals surface area contributed by atoms with Crippen molar-refractivity contribution in [3.05, 3.63) is 64.0 Å². The Morgan fingerprint density at radius 1 is 1.29 bits per heavy atom.